The van der Waals surface area contributed by atoms with E-state index in [1.165, 1.54) is 21.5 Å². The smallest absolute Gasteiger partial charge is 0.228 e. The molecule has 7 aromatic rings. The summed E-state index contributed by atoms with van der Waals surface area (Å²) < 4.78 is 1.94. The summed E-state index contributed by atoms with van der Waals surface area (Å²) in [6, 6.07) is 45.0. The molecular weight excluding hydrogens is 452 g/mol. The predicted octanol–water partition coefficient (Wildman–Crippen LogP) is 8.23. The van der Waals surface area contributed by atoms with Crippen molar-refractivity contribution in [2.75, 3.05) is 0 Å². The van der Waals surface area contributed by atoms with E-state index in [9.17, 15) is 4.79 Å². The third-order valence-electron chi connectivity index (χ3n) is 6.96. The lowest BCUT2D eigenvalue weighted by atomic mass is 9.97. The molecular formula is C34H22N2O. The Labute approximate surface area is 214 Å². The quantitative estimate of drug-likeness (QED) is 0.190. The van der Waals surface area contributed by atoms with Gasteiger partial charge in [0.2, 0.25) is 5.78 Å². The SMILES string of the molecule is O=C(c1ccc(-c2ccc3cc4ccccc4cc3c2)cc1)c1nc2ccccc2n1-c1ccccc1. The maximum atomic E-state index is 13.7. The van der Waals surface area contributed by atoms with Gasteiger partial charge >= 0.3 is 0 Å². The number of nitrogens with zero attached hydrogens (tertiary/aromatic N) is 2. The summed E-state index contributed by atoms with van der Waals surface area (Å²) in [6.45, 7) is 0. The number of imidazole rings is 1. The number of carbonyl (C=O) groups is 1. The van der Waals surface area contributed by atoms with E-state index in [4.69, 9.17) is 4.98 Å². The molecule has 1 heterocycles. The van der Waals surface area contributed by atoms with Gasteiger partial charge in [-0.2, -0.15) is 0 Å². The molecule has 7 rings (SSSR count). The first-order valence-corrected chi connectivity index (χ1v) is 12.4. The van der Waals surface area contributed by atoms with Crippen LogP contribution in [0.25, 0.3) is 49.4 Å². The van der Waals surface area contributed by atoms with Crippen LogP contribution in [-0.4, -0.2) is 15.3 Å². The standard InChI is InChI=1S/C34H22N2O/c37-33(34-35-31-12-6-7-13-32(31)36(34)30-10-2-1-3-11-30)24-16-14-23(15-17-24)27-18-19-28-20-25-8-4-5-9-26(25)21-29(28)22-27/h1-22H. The summed E-state index contributed by atoms with van der Waals surface area (Å²) in [7, 11) is 0. The van der Waals surface area contributed by atoms with Gasteiger partial charge in [0.05, 0.1) is 11.0 Å². The highest BCUT2D eigenvalue weighted by molar-refractivity contribution is 6.09. The third kappa shape index (κ3) is 3.69. The van der Waals surface area contributed by atoms with Crippen molar-refractivity contribution in [2.24, 2.45) is 0 Å². The summed E-state index contributed by atoms with van der Waals surface area (Å²) in [5.74, 6) is 0.314. The van der Waals surface area contributed by atoms with Crippen molar-refractivity contribution in [3.8, 4) is 16.8 Å². The highest BCUT2D eigenvalue weighted by atomic mass is 16.1. The molecule has 0 saturated carbocycles. The van der Waals surface area contributed by atoms with Crippen LogP contribution in [-0.2, 0) is 0 Å². The Kier molecular flexibility index (Phi) is 4.93. The number of para-hydroxylation sites is 3. The van der Waals surface area contributed by atoms with Gasteiger partial charge in [-0.25, -0.2) is 4.98 Å². The molecule has 3 heteroatoms. The lowest BCUT2D eigenvalue weighted by molar-refractivity contribution is 0.102. The molecule has 0 fully saturated rings. The van der Waals surface area contributed by atoms with Crippen molar-refractivity contribution >= 4 is 38.4 Å². The molecule has 0 radical (unpaired) electrons. The molecule has 0 amide bonds. The first-order chi connectivity index (χ1) is 18.2. The first-order valence-electron chi connectivity index (χ1n) is 12.4. The second-order valence-corrected chi connectivity index (χ2v) is 9.26. The number of hydrogen-bond donors (Lipinski definition) is 0. The maximum Gasteiger partial charge on any atom is 0.228 e. The van der Waals surface area contributed by atoms with Crippen molar-refractivity contribution in [1.29, 1.82) is 0 Å². The fourth-order valence-electron chi connectivity index (χ4n) is 5.08. The van der Waals surface area contributed by atoms with E-state index in [2.05, 4.69) is 54.6 Å². The maximum absolute atomic E-state index is 13.7. The monoisotopic (exact) mass is 474 g/mol. The minimum atomic E-state index is -0.100. The van der Waals surface area contributed by atoms with E-state index < -0.39 is 0 Å². The highest BCUT2D eigenvalue weighted by Crippen LogP contribution is 2.29. The highest BCUT2D eigenvalue weighted by Gasteiger charge is 2.20. The number of carbonyl (C=O) groups excluding carboxylic acids is 1. The van der Waals surface area contributed by atoms with Gasteiger partial charge in [-0.1, -0.05) is 91.0 Å². The molecule has 0 unspecified atom stereocenters. The van der Waals surface area contributed by atoms with E-state index in [-0.39, 0.29) is 5.78 Å². The average molecular weight is 475 g/mol. The largest absolute Gasteiger partial charge is 0.290 e. The third-order valence-corrected chi connectivity index (χ3v) is 6.96. The number of aromatic nitrogens is 2. The Hall–Kier alpha value is -5.02. The van der Waals surface area contributed by atoms with E-state index in [1.54, 1.807) is 0 Å². The Bertz CT molecular complexity index is 1930. The average Bonchev–Trinajstić information content (AvgIpc) is 3.35. The lowest BCUT2D eigenvalue weighted by Gasteiger charge is -2.10. The van der Waals surface area contributed by atoms with Gasteiger partial charge in [-0.15, -0.1) is 0 Å². The molecule has 174 valence electrons. The van der Waals surface area contributed by atoms with E-state index >= 15 is 0 Å². The second kappa shape index (κ2) is 8.58. The number of rotatable bonds is 4. The van der Waals surface area contributed by atoms with Crippen LogP contribution in [0.3, 0.4) is 0 Å². The fourth-order valence-corrected chi connectivity index (χ4v) is 5.08. The Morgan fingerprint density at radius 2 is 1.16 bits per heavy atom. The number of fused-ring (bicyclic) bond motifs is 3. The molecule has 0 N–H and O–H groups in total. The molecule has 0 atom stereocenters. The molecule has 0 aliphatic heterocycles. The summed E-state index contributed by atoms with van der Waals surface area (Å²) in [6.07, 6.45) is 0. The molecule has 6 aromatic carbocycles. The second-order valence-electron chi connectivity index (χ2n) is 9.26. The van der Waals surface area contributed by atoms with Crippen LogP contribution in [0.5, 0.6) is 0 Å². The van der Waals surface area contributed by atoms with Crippen molar-refractivity contribution in [3.63, 3.8) is 0 Å². The molecule has 0 aliphatic carbocycles. The minimum Gasteiger partial charge on any atom is -0.290 e. The van der Waals surface area contributed by atoms with E-state index in [0.29, 0.717) is 11.4 Å². The van der Waals surface area contributed by atoms with Gasteiger partial charge in [-0.3, -0.25) is 9.36 Å². The molecule has 1 aromatic heterocycles. The van der Waals surface area contributed by atoms with Crippen LogP contribution < -0.4 is 0 Å². The van der Waals surface area contributed by atoms with Gasteiger partial charge in [0, 0.05) is 11.3 Å². The first kappa shape index (κ1) is 21.3. The Balaban J connectivity index is 1.27. The van der Waals surface area contributed by atoms with E-state index in [1.807, 2.05) is 83.4 Å². The van der Waals surface area contributed by atoms with Crippen LogP contribution in [0.2, 0.25) is 0 Å². The van der Waals surface area contributed by atoms with Crippen molar-refractivity contribution in [3.05, 3.63) is 145 Å². The van der Waals surface area contributed by atoms with Crippen molar-refractivity contribution in [1.82, 2.24) is 9.55 Å². The van der Waals surface area contributed by atoms with Gasteiger partial charge in [0.1, 0.15) is 0 Å². The molecule has 0 aliphatic rings. The van der Waals surface area contributed by atoms with Crippen molar-refractivity contribution in [2.45, 2.75) is 0 Å². The zero-order valence-corrected chi connectivity index (χ0v) is 20.0. The van der Waals surface area contributed by atoms with Crippen LogP contribution in [0.15, 0.2) is 133 Å². The summed E-state index contributed by atoms with van der Waals surface area (Å²) >= 11 is 0. The fraction of sp³-hybridized carbons (Fsp3) is 0. The number of benzene rings is 6. The number of ketones is 1. The Morgan fingerprint density at radius 3 is 1.95 bits per heavy atom. The van der Waals surface area contributed by atoms with Gasteiger partial charge in [0.25, 0.3) is 0 Å². The van der Waals surface area contributed by atoms with Gasteiger partial charge < -0.3 is 0 Å². The molecule has 0 spiro atoms. The Morgan fingerprint density at radius 1 is 0.541 bits per heavy atom. The zero-order valence-electron chi connectivity index (χ0n) is 20.0. The predicted molar refractivity (Wildman–Crippen MR) is 151 cm³/mol. The molecule has 0 bridgehead atoms. The minimum absolute atomic E-state index is 0.100. The summed E-state index contributed by atoms with van der Waals surface area (Å²) in [5, 5.41) is 4.89. The number of hydrogen-bond acceptors (Lipinski definition) is 2. The van der Waals surface area contributed by atoms with Gasteiger partial charge in [-0.05, 0) is 75.1 Å². The summed E-state index contributed by atoms with van der Waals surface area (Å²) in [4.78, 5) is 18.4. The lowest BCUT2D eigenvalue weighted by Crippen LogP contribution is -2.10. The molecule has 37 heavy (non-hydrogen) atoms. The zero-order chi connectivity index (χ0) is 24.8. The van der Waals surface area contributed by atoms with Crippen LogP contribution >= 0.6 is 0 Å². The van der Waals surface area contributed by atoms with Crippen molar-refractivity contribution < 1.29 is 4.79 Å². The van der Waals surface area contributed by atoms with Crippen LogP contribution in [0.1, 0.15) is 16.2 Å². The molecule has 0 saturated heterocycles. The normalized spacial score (nSPS) is 11.4. The van der Waals surface area contributed by atoms with Crippen LogP contribution in [0, 0.1) is 0 Å². The van der Waals surface area contributed by atoms with Crippen LogP contribution in [0.4, 0.5) is 0 Å². The van der Waals surface area contributed by atoms with Gasteiger partial charge in [0.15, 0.2) is 5.82 Å². The topological polar surface area (TPSA) is 34.9 Å². The molecule has 3 nitrogen and oxygen atoms in total. The van der Waals surface area contributed by atoms with E-state index in [0.717, 1.165) is 27.8 Å². The summed E-state index contributed by atoms with van der Waals surface area (Å²) in [5.41, 5.74) is 5.44.